The summed E-state index contributed by atoms with van der Waals surface area (Å²) in [6.45, 7) is 4.00. The fourth-order valence-corrected chi connectivity index (χ4v) is 2.71. The molecule has 0 bridgehead atoms. The molecule has 0 heterocycles. The van der Waals surface area contributed by atoms with Crippen LogP contribution >= 0.6 is 0 Å². The lowest BCUT2D eigenvalue weighted by molar-refractivity contribution is -0.142. The molecule has 0 aromatic carbocycles. The Morgan fingerprint density at radius 2 is 1.08 bits per heavy atom. The second kappa shape index (κ2) is 15.7. The quantitative estimate of drug-likeness (QED) is 0.309. The van der Waals surface area contributed by atoms with Crippen molar-refractivity contribution in [3.8, 4) is 0 Å². The largest absolute Gasteiger partial charge is 0.449 e. The first kappa shape index (κ1) is 23.2. The second-order valence-electron chi connectivity index (χ2n) is 4.60. The first-order valence-electron chi connectivity index (χ1n) is 7.84. The van der Waals surface area contributed by atoms with Crippen molar-refractivity contribution in [1.82, 2.24) is 0 Å². The van der Waals surface area contributed by atoms with Crippen LogP contribution in [0.1, 0.15) is 52.4 Å². The predicted octanol–water partition coefficient (Wildman–Crippen LogP) is 1.73. The van der Waals surface area contributed by atoms with Crippen molar-refractivity contribution in [2.75, 3.05) is 25.1 Å². The molecule has 142 valence electrons. The lowest BCUT2D eigenvalue weighted by Crippen LogP contribution is -2.12. The van der Waals surface area contributed by atoms with Gasteiger partial charge in [0.15, 0.2) is 34.0 Å². The molecule has 0 aromatic rings. The minimum atomic E-state index is -1.59. The van der Waals surface area contributed by atoms with Crippen LogP contribution in [0, 0.1) is 0 Å². The molecule has 10 heteroatoms. The maximum Gasteiger partial charge on any atom is 0.306 e. The van der Waals surface area contributed by atoms with Gasteiger partial charge in [0.25, 0.3) is 0 Å². The first-order valence-corrected chi connectivity index (χ1v) is 10.3. The van der Waals surface area contributed by atoms with Gasteiger partial charge in [-0.25, -0.2) is 8.42 Å². The van der Waals surface area contributed by atoms with Gasteiger partial charge in [0.1, 0.15) is 0 Å². The Kier molecular flexibility index (Phi) is 15.1. The molecule has 0 spiro atoms. The minimum absolute atomic E-state index is 0.237. The highest BCUT2D eigenvalue weighted by atomic mass is 32.2. The van der Waals surface area contributed by atoms with Gasteiger partial charge in [-0.2, -0.15) is 0 Å². The Hall–Kier alpha value is -0.840. The third-order valence-electron chi connectivity index (χ3n) is 2.64. The molecular weight excluding hydrogens is 360 g/mol. The topological polar surface area (TPSA) is 105 Å². The molecule has 0 saturated carbocycles. The molecule has 0 amide bonds. The van der Waals surface area contributed by atoms with E-state index in [2.05, 4.69) is 0 Å². The van der Waals surface area contributed by atoms with Crippen molar-refractivity contribution in [3.05, 3.63) is 0 Å². The maximum absolute atomic E-state index is 11.4. The van der Waals surface area contributed by atoms with Crippen molar-refractivity contribution >= 4 is 34.1 Å². The monoisotopic (exact) mass is 386 g/mol. The lowest BCUT2D eigenvalue weighted by Gasteiger charge is -2.05. The van der Waals surface area contributed by atoms with Crippen molar-refractivity contribution in [1.29, 1.82) is 0 Å². The van der Waals surface area contributed by atoms with E-state index in [0.29, 0.717) is 26.1 Å². The zero-order valence-electron chi connectivity index (χ0n) is 14.2. The van der Waals surface area contributed by atoms with Gasteiger partial charge in [0.2, 0.25) is 0 Å². The van der Waals surface area contributed by atoms with Crippen LogP contribution in [0.3, 0.4) is 0 Å². The standard InChI is InChI=1S/C14H26O8S2/c1-3-21-23(17)11-19-13(15)9-7-5-6-8-10-14(16)20-12-24(18)22-4-2/h3-12H2,1-2H3. The van der Waals surface area contributed by atoms with Gasteiger partial charge < -0.3 is 9.47 Å². The van der Waals surface area contributed by atoms with E-state index in [9.17, 15) is 18.0 Å². The number of hydrogen-bond acceptors (Lipinski definition) is 8. The average Bonchev–Trinajstić information content (AvgIpc) is 2.54. The highest BCUT2D eigenvalue weighted by molar-refractivity contribution is 7.80. The molecule has 0 N–H and O–H groups in total. The molecule has 2 atom stereocenters. The number of hydrogen-bond donors (Lipinski definition) is 0. The Labute approximate surface area is 147 Å². The SMILES string of the molecule is CCOS(=O)COC(=O)CCCCCCC(=O)OCS(=O)OCC. The van der Waals surface area contributed by atoms with Gasteiger partial charge in [-0.05, 0) is 26.7 Å². The van der Waals surface area contributed by atoms with Gasteiger partial charge in [0, 0.05) is 12.8 Å². The van der Waals surface area contributed by atoms with Crippen LogP contribution in [0.4, 0.5) is 0 Å². The Bertz CT molecular complexity index is 376. The van der Waals surface area contributed by atoms with E-state index in [1.165, 1.54) is 0 Å². The zero-order chi connectivity index (χ0) is 18.2. The van der Waals surface area contributed by atoms with E-state index < -0.39 is 34.1 Å². The highest BCUT2D eigenvalue weighted by Crippen LogP contribution is 2.07. The Morgan fingerprint density at radius 1 is 0.708 bits per heavy atom. The summed E-state index contributed by atoms with van der Waals surface area (Å²) < 4.78 is 41.3. The number of rotatable bonds is 15. The number of unbranched alkanes of at least 4 members (excludes halogenated alkanes) is 3. The summed E-state index contributed by atoms with van der Waals surface area (Å²) in [4.78, 5) is 22.7. The van der Waals surface area contributed by atoms with Crippen LogP contribution < -0.4 is 0 Å². The fourth-order valence-electron chi connectivity index (χ4n) is 1.60. The van der Waals surface area contributed by atoms with Crippen LogP contribution in [0.5, 0.6) is 0 Å². The molecule has 8 nitrogen and oxygen atoms in total. The summed E-state index contributed by atoms with van der Waals surface area (Å²) >= 11 is -3.18. The minimum Gasteiger partial charge on any atom is -0.449 e. The highest BCUT2D eigenvalue weighted by Gasteiger charge is 2.08. The van der Waals surface area contributed by atoms with Gasteiger partial charge in [0.05, 0.1) is 13.2 Å². The third kappa shape index (κ3) is 14.7. The third-order valence-corrected chi connectivity index (χ3v) is 4.26. The fraction of sp³-hybridized carbons (Fsp3) is 0.857. The molecule has 0 aliphatic carbocycles. The summed E-state index contributed by atoms with van der Waals surface area (Å²) in [5.41, 5.74) is 0. The normalized spacial score (nSPS) is 13.2. The van der Waals surface area contributed by atoms with E-state index in [1.807, 2.05) is 0 Å². The molecule has 24 heavy (non-hydrogen) atoms. The zero-order valence-corrected chi connectivity index (χ0v) is 15.8. The van der Waals surface area contributed by atoms with E-state index >= 15 is 0 Å². The summed E-state index contributed by atoms with van der Waals surface area (Å²) in [7, 11) is 0. The molecule has 0 rings (SSSR count). The number of carbonyl (C=O) groups excluding carboxylic acids is 2. The second-order valence-corrected chi connectivity index (χ2v) is 6.76. The van der Waals surface area contributed by atoms with Crippen LogP contribution in [-0.4, -0.2) is 45.4 Å². The molecule has 0 radical (unpaired) electrons. The molecule has 0 aromatic heterocycles. The van der Waals surface area contributed by atoms with Crippen molar-refractivity contribution in [2.24, 2.45) is 0 Å². The first-order chi connectivity index (χ1) is 11.5. The summed E-state index contributed by atoms with van der Waals surface area (Å²) in [6, 6.07) is 0. The number of carbonyl (C=O) groups is 2. The van der Waals surface area contributed by atoms with Gasteiger partial charge in [-0.1, -0.05) is 12.8 Å². The molecule has 0 aliphatic heterocycles. The Balaban J connectivity index is 3.49. The van der Waals surface area contributed by atoms with Crippen LogP contribution in [0.25, 0.3) is 0 Å². The maximum atomic E-state index is 11.4. The van der Waals surface area contributed by atoms with Crippen molar-refractivity contribution in [3.63, 3.8) is 0 Å². The van der Waals surface area contributed by atoms with Crippen LogP contribution in [0.2, 0.25) is 0 Å². The Morgan fingerprint density at radius 3 is 1.42 bits per heavy atom. The average molecular weight is 386 g/mol. The lowest BCUT2D eigenvalue weighted by atomic mass is 10.1. The number of esters is 2. The smallest absolute Gasteiger partial charge is 0.306 e. The summed E-state index contributed by atoms with van der Waals surface area (Å²) in [6.07, 6.45) is 3.26. The van der Waals surface area contributed by atoms with E-state index in [0.717, 1.165) is 12.8 Å². The molecular formula is C14H26O8S2. The molecule has 0 aliphatic rings. The predicted molar refractivity (Wildman–Crippen MR) is 89.2 cm³/mol. The van der Waals surface area contributed by atoms with Gasteiger partial charge in [-0.15, -0.1) is 0 Å². The van der Waals surface area contributed by atoms with Crippen molar-refractivity contribution < 1.29 is 35.8 Å². The molecule has 2 unspecified atom stereocenters. The van der Waals surface area contributed by atoms with Crippen LogP contribution in [0.15, 0.2) is 0 Å². The number of ether oxygens (including phenoxy) is 2. The van der Waals surface area contributed by atoms with Crippen molar-refractivity contribution in [2.45, 2.75) is 52.4 Å². The van der Waals surface area contributed by atoms with E-state index in [4.69, 9.17) is 17.8 Å². The summed E-state index contributed by atoms with van der Waals surface area (Å²) in [5, 5.41) is 0. The summed E-state index contributed by atoms with van der Waals surface area (Å²) in [5.74, 6) is -1.33. The van der Waals surface area contributed by atoms with Gasteiger partial charge >= 0.3 is 11.9 Å². The molecule has 0 fully saturated rings. The van der Waals surface area contributed by atoms with E-state index in [1.54, 1.807) is 13.8 Å². The van der Waals surface area contributed by atoms with E-state index in [-0.39, 0.29) is 24.7 Å². The molecule has 0 saturated heterocycles. The van der Waals surface area contributed by atoms with Gasteiger partial charge in [-0.3, -0.25) is 18.0 Å². The van der Waals surface area contributed by atoms with Crippen LogP contribution in [-0.2, 0) is 49.6 Å².